The number of para-hydroxylation sites is 1. The van der Waals surface area contributed by atoms with Gasteiger partial charge in [0.2, 0.25) is 5.91 Å². The predicted octanol–water partition coefficient (Wildman–Crippen LogP) is 1.72. The molecule has 6 heteroatoms. The number of carbonyl (C=O) groups excluding carboxylic acids is 1. The molecule has 0 radical (unpaired) electrons. The van der Waals surface area contributed by atoms with Gasteiger partial charge in [-0.05, 0) is 35.0 Å². The number of primary amides is 1. The molecule has 1 aromatic rings. The van der Waals surface area contributed by atoms with Crippen LogP contribution in [0, 0.1) is 0 Å². The second-order valence-corrected chi connectivity index (χ2v) is 4.83. The van der Waals surface area contributed by atoms with Crippen LogP contribution in [-0.4, -0.2) is 32.0 Å². The molecule has 100 valence electrons. The van der Waals surface area contributed by atoms with E-state index in [1.165, 1.54) is 14.2 Å². The van der Waals surface area contributed by atoms with Crippen molar-refractivity contribution in [2.45, 2.75) is 18.8 Å². The van der Waals surface area contributed by atoms with Crippen molar-refractivity contribution < 1.29 is 14.3 Å². The lowest BCUT2D eigenvalue weighted by Crippen LogP contribution is -2.57. The Morgan fingerprint density at radius 2 is 1.94 bits per heavy atom. The predicted molar refractivity (Wildman–Crippen MR) is 73.2 cm³/mol. The Morgan fingerprint density at radius 1 is 1.39 bits per heavy atom. The molecule has 1 unspecified atom stereocenters. The molecular weight excluding hydrogens is 300 g/mol. The summed E-state index contributed by atoms with van der Waals surface area (Å²) in [5.74, 6) is -0.563. The Balaban J connectivity index is 3.07. The van der Waals surface area contributed by atoms with Gasteiger partial charge in [0.1, 0.15) is 0 Å². The molecule has 0 saturated carbocycles. The van der Waals surface area contributed by atoms with Crippen LogP contribution in [0.5, 0.6) is 0 Å². The van der Waals surface area contributed by atoms with Crippen LogP contribution >= 0.6 is 15.9 Å². The molecule has 0 saturated heterocycles. The van der Waals surface area contributed by atoms with E-state index in [4.69, 9.17) is 15.2 Å². The normalized spacial score (nSPS) is 14.3. The first-order valence-electron chi connectivity index (χ1n) is 5.34. The molecule has 1 amide bonds. The summed E-state index contributed by atoms with van der Waals surface area (Å²) in [7, 11) is 2.91. The third-order valence-electron chi connectivity index (χ3n) is 2.68. The van der Waals surface area contributed by atoms with E-state index >= 15 is 0 Å². The highest BCUT2D eigenvalue weighted by Gasteiger charge is 2.41. The van der Waals surface area contributed by atoms with Gasteiger partial charge < -0.3 is 20.5 Å². The highest BCUT2D eigenvalue weighted by molar-refractivity contribution is 9.10. The van der Waals surface area contributed by atoms with Crippen molar-refractivity contribution in [3.63, 3.8) is 0 Å². The van der Waals surface area contributed by atoms with Crippen LogP contribution < -0.4 is 11.1 Å². The molecule has 1 aromatic carbocycles. The van der Waals surface area contributed by atoms with Crippen LogP contribution in [0.15, 0.2) is 28.7 Å². The summed E-state index contributed by atoms with van der Waals surface area (Å²) < 4.78 is 11.1. The van der Waals surface area contributed by atoms with Gasteiger partial charge in [-0.2, -0.15) is 0 Å². The SMILES string of the molecule is COC(OC)C(C)(Nc1ccccc1Br)C(N)=O. The molecule has 0 aliphatic carbocycles. The number of rotatable bonds is 6. The van der Waals surface area contributed by atoms with Gasteiger partial charge in [0, 0.05) is 24.4 Å². The van der Waals surface area contributed by atoms with Crippen LogP contribution in [0.3, 0.4) is 0 Å². The summed E-state index contributed by atoms with van der Waals surface area (Å²) in [4.78, 5) is 11.7. The molecule has 0 bridgehead atoms. The van der Waals surface area contributed by atoms with Crippen molar-refractivity contribution in [3.05, 3.63) is 28.7 Å². The van der Waals surface area contributed by atoms with Crippen molar-refractivity contribution in [1.82, 2.24) is 0 Å². The summed E-state index contributed by atoms with van der Waals surface area (Å²) in [6.45, 7) is 1.63. The zero-order chi connectivity index (χ0) is 13.8. The van der Waals surface area contributed by atoms with E-state index in [9.17, 15) is 4.79 Å². The smallest absolute Gasteiger partial charge is 0.248 e. The summed E-state index contributed by atoms with van der Waals surface area (Å²) in [5.41, 5.74) is 5.01. The lowest BCUT2D eigenvalue weighted by Gasteiger charge is -2.34. The first-order valence-corrected chi connectivity index (χ1v) is 6.13. The van der Waals surface area contributed by atoms with E-state index in [1.807, 2.05) is 24.3 Å². The molecular formula is C12H17BrN2O3. The van der Waals surface area contributed by atoms with Gasteiger partial charge in [0.15, 0.2) is 11.8 Å². The molecule has 1 rings (SSSR count). The van der Waals surface area contributed by atoms with E-state index in [0.29, 0.717) is 0 Å². The Hall–Kier alpha value is -1.11. The van der Waals surface area contributed by atoms with E-state index < -0.39 is 17.7 Å². The van der Waals surface area contributed by atoms with Crippen molar-refractivity contribution in [2.75, 3.05) is 19.5 Å². The van der Waals surface area contributed by atoms with E-state index in [1.54, 1.807) is 6.92 Å². The third-order valence-corrected chi connectivity index (χ3v) is 3.37. The Labute approximate surface area is 115 Å². The number of carbonyl (C=O) groups is 1. The first-order chi connectivity index (χ1) is 8.45. The number of methoxy groups -OCH3 is 2. The molecule has 0 heterocycles. The highest BCUT2D eigenvalue weighted by Crippen LogP contribution is 2.27. The standard InChI is InChI=1S/C12H17BrN2O3/c1-12(10(14)16,11(17-2)18-3)15-9-7-5-4-6-8(9)13/h4-7,11,15H,1-3H3,(H2,14,16). The van der Waals surface area contributed by atoms with Crippen LogP contribution in [-0.2, 0) is 14.3 Å². The van der Waals surface area contributed by atoms with Gasteiger partial charge in [-0.1, -0.05) is 12.1 Å². The van der Waals surface area contributed by atoms with Gasteiger partial charge in [0.25, 0.3) is 0 Å². The quantitative estimate of drug-likeness (QED) is 0.784. The minimum atomic E-state index is -1.17. The number of hydrogen-bond donors (Lipinski definition) is 2. The molecule has 18 heavy (non-hydrogen) atoms. The number of hydrogen-bond acceptors (Lipinski definition) is 4. The van der Waals surface area contributed by atoms with Crippen LogP contribution in [0.1, 0.15) is 6.92 Å². The zero-order valence-corrected chi connectivity index (χ0v) is 12.2. The second kappa shape index (κ2) is 6.17. The number of nitrogens with one attached hydrogen (secondary N) is 1. The van der Waals surface area contributed by atoms with E-state index in [0.717, 1.165) is 10.2 Å². The topological polar surface area (TPSA) is 73.6 Å². The van der Waals surface area contributed by atoms with Gasteiger partial charge in [-0.25, -0.2) is 0 Å². The van der Waals surface area contributed by atoms with Crippen LogP contribution in [0.4, 0.5) is 5.69 Å². The first kappa shape index (κ1) is 14.9. The van der Waals surface area contributed by atoms with E-state index in [2.05, 4.69) is 21.2 Å². The van der Waals surface area contributed by atoms with Gasteiger partial charge in [0.05, 0.1) is 0 Å². The fourth-order valence-electron chi connectivity index (χ4n) is 1.65. The molecule has 0 fully saturated rings. The summed E-state index contributed by atoms with van der Waals surface area (Å²) >= 11 is 3.39. The van der Waals surface area contributed by atoms with Crippen LogP contribution in [0.25, 0.3) is 0 Å². The highest BCUT2D eigenvalue weighted by atomic mass is 79.9. The van der Waals surface area contributed by atoms with E-state index in [-0.39, 0.29) is 0 Å². The minimum absolute atomic E-state index is 0.563. The average molecular weight is 317 g/mol. The van der Waals surface area contributed by atoms with Crippen LogP contribution in [0.2, 0.25) is 0 Å². The Morgan fingerprint density at radius 3 is 2.39 bits per heavy atom. The summed E-state index contributed by atoms with van der Waals surface area (Å²) in [6, 6.07) is 7.41. The number of ether oxygens (including phenoxy) is 2. The second-order valence-electron chi connectivity index (χ2n) is 3.97. The number of nitrogens with two attached hydrogens (primary N) is 1. The molecule has 0 aromatic heterocycles. The van der Waals surface area contributed by atoms with Crippen molar-refractivity contribution >= 4 is 27.5 Å². The minimum Gasteiger partial charge on any atom is -0.367 e. The summed E-state index contributed by atoms with van der Waals surface area (Å²) in [6.07, 6.45) is -0.790. The van der Waals surface area contributed by atoms with Gasteiger partial charge in [-0.3, -0.25) is 4.79 Å². The monoisotopic (exact) mass is 316 g/mol. The Kier molecular flexibility index (Phi) is 5.13. The van der Waals surface area contributed by atoms with Gasteiger partial charge >= 0.3 is 0 Å². The average Bonchev–Trinajstić information content (AvgIpc) is 2.33. The molecule has 0 spiro atoms. The fraction of sp³-hybridized carbons (Fsp3) is 0.417. The summed E-state index contributed by atoms with van der Waals surface area (Å²) in [5, 5.41) is 3.05. The maximum Gasteiger partial charge on any atom is 0.248 e. The molecule has 0 aliphatic rings. The maximum absolute atomic E-state index is 11.7. The van der Waals surface area contributed by atoms with Crippen molar-refractivity contribution in [1.29, 1.82) is 0 Å². The molecule has 0 aliphatic heterocycles. The maximum atomic E-state index is 11.7. The lowest BCUT2D eigenvalue weighted by atomic mass is 10.00. The van der Waals surface area contributed by atoms with Gasteiger partial charge in [-0.15, -0.1) is 0 Å². The molecule has 3 N–H and O–H groups in total. The third kappa shape index (κ3) is 3.01. The van der Waals surface area contributed by atoms with Crippen molar-refractivity contribution in [2.24, 2.45) is 5.73 Å². The lowest BCUT2D eigenvalue weighted by molar-refractivity contribution is -0.155. The number of benzene rings is 1. The zero-order valence-electron chi connectivity index (χ0n) is 10.6. The molecule has 5 nitrogen and oxygen atoms in total. The molecule has 1 atom stereocenters. The fourth-order valence-corrected chi connectivity index (χ4v) is 2.03. The largest absolute Gasteiger partial charge is 0.367 e. The Bertz CT molecular complexity index is 424. The number of halogens is 1. The number of amides is 1. The number of anilines is 1. The van der Waals surface area contributed by atoms with Crippen molar-refractivity contribution in [3.8, 4) is 0 Å².